The summed E-state index contributed by atoms with van der Waals surface area (Å²) in [7, 11) is 1.90. The number of halogens is 1. The topological polar surface area (TPSA) is 62.8 Å². The van der Waals surface area contributed by atoms with Crippen molar-refractivity contribution in [3.05, 3.63) is 47.0 Å². The van der Waals surface area contributed by atoms with Crippen LogP contribution >= 0.6 is 11.6 Å². The van der Waals surface area contributed by atoms with Gasteiger partial charge in [-0.25, -0.2) is 0 Å². The second kappa shape index (κ2) is 12.0. The highest BCUT2D eigenvalue weighted by atomic mass is 35.5. The number of hydrogen-bond donors (Lipinski definition) is 2. The van der Waals surface area contributed by atoms with Crippen LogP contribution < -0.4 is 11.1 Å². The maximum absolute atomic E-state index is 5.62. The van der Waals surface area contributed by atoms with Gasteiger partial charge in [-0.1, -0.05) is 19.4 Å². The third-order valence-corrected chi connectivity index (χ3v) is 2.69. The number of nitrogens with two attached hydrogens (primary N) is 1. The number of hydrogen-bond acceptors (Lipinski definition) is 4. The minimum Gasteiger partial charge on any atom is -0.402 e. The molecule has 0 heterocycles. The minimum atomic E-state index is 0.204. The summed E-state index contributed by atoms with van der Waals surface area (Å²) in [6.45, 7) is 7.56. The van der Waals surface area contributed by atoms with E-state index in [1.54, 1.807) is 12.3 Å². The number of nitrogens with zero attached hydrogens (tertiary/aromatic N) is 2. The van der Waals surface area contributed by atoms with Crippen LogP contribution in [0.2, 0.25) is 0 Å². The molecule has 4 nitrogen and oxygen atoms in total. The Morgan fingerprint density at radius 3 is 2.62 bits per heavy atom. The lowest BCUT2D eigenvalue weighted by molar-refractivity contribution is 0.815. The highest BCUT2D eigenvalue weighted by Crippen LogP contribution is 2.12. The van der Waals surface area contributed by atoms with Crippen molar-refractivity contribution in [3.63, 3.8) is 0 Å². The van der Waals surface area contributed by atoms with Crippen LogP contribution in [0.15, 0.2) is 57.0 Å². The van der Waals surface area contributed by atoms with Gasteiger partial charge in [-0.2, -0.15) is 0 Å². The van der Waals surface area contributed by atoms with Crippen molar-refractivity contribution >= 4 is 24.5 Å². The Morgan fingerprint density at radius 1 is 1.43 bits per heavy atom. The van der Waals surface area contributed by atoms with Gasteiger partial charge in [0, 0.05) is 30.2 Å². The van der Waals surface area contributed by atoms with Gasteiger partial charge in [0.15, 0.2) is 0 Å². The Balaban J connectivity index is 5.65. The van der Waals surface area contributed by atoms with Gasteiger partial charge in [-0.15, -0.1) is 11.6 Å². The zero-order chi connectivity index (χ0) is 16.1. The fourth-order valence-electron chi connectivity index (χ4n) is 1.57. The summed E-state index contributed by atoms with van der Waals surface area (Å²) in [6, 6.07) is 0.204. The van der Waals surface area contributed by atoms with Crippen LogP contribution in [-0.2, 0) is 0 Å². The number of nitrogens with one attached hydrogen (secondary N) is 1. The van der Waals surface area contributed by atoms with Crippen molar-refractivity contribution in [3.8, 4) is 0 Å². The summed E-state index contributed by atoms with van der Waals surface area (Å²) < 4.78 is 0. The number of alkyl halides is 1. The first-order valence-electron chi connectivity index (χ1n) is 6.84. The smallest absolute Gasteiger partial charge is 0.113 e. The van der Waals surface area contributed by atoms with E-state index in [4.69, 9.17) is 17.3 Å². The normalized spacial score (nSPS) is 14.7. The van der Waals surface area contributed by atoms with Crippen LogP contribution in [0.3, 0.4) is 0 Å². The third-order valence-electron chi connectivity index (χ3n) is 2.55. The minimum absolute atomic E-state index is 0.204. The van der Waals surface area contributed by atoms with E-state index < -0.39 is 0 Å². The molecule has 0 rings (SSSR count). The Kier molecular flexibility index (Phi) is 10.9. The molecule has 0 unspecified atom stereocenters. The highest BCUT2D eigenvalue weighted by Gasteiger charge is 2.00. The molecule has 0 aromatic rings. The molecule has 0 amide bonds. The monoisotopic (exact) mass is 308 g/mol. The van der Waals surface area contributed by atoms with Crippen molar-refractivity contribution in [2.75, 3.05) is 13.1 Å². The van der Waals surface area contributed by atoms with Gasteiger partial charge in [-0.3, -0.25) is 9.98 Å². The van der Waals surface area contributed by atoms with Crippen LogP contribution in [0.5, 0.6) is 0 Å². The highest BCUT2D eigenvalue weighted by molar-refractivity contribution is 6.18. The van der Waals surface area contributed by atoms with Crippen LogP contribution in [0, 0.1) is 0 Å². The Morgan fingerprint density at radius 2 is 2.14 bits per heavy atom. The van der Waals surface area contributed by atoms with Crippen LogP contribution in [0.1, 0.15) is 26.7 Å². The first-order chi connectivity index (χ1) is 10.1. The lowest BCUT2D eigenvalue weighted by Crippen LogP contribution is -2.06. The molecule has 0 atom stereocenters. The molecule has 5 heteroatoms. The summed E-state index contributed by atoms with van der Waals surface area (Å²) in [4.78, 5) is 8.13. The second-order valence-corrected chi connectivity index (χ2v) is 4.61. The molecule has 0 saturated carbocycles. The standard InChI is InChI=1S/C16H25ClN4/c1-5-7-15(19-3)10-14(11-21-12-17)16(20-4)9-6-8-13(2)18/h6,8-11,19H,4-5,7,12,18H2,1-3H3/b9-6-,13-8+,15-10-,16-14-,21-11-. The molecule has 0 spiro atoms. The molecule has 21 heavy (non-hydrogen) atoms. The largest absolute Gasteiger partial charge is 0.402 e. The molecule has 0 fully saturated rings. The lowest BCUT2D eigenvalue weighted by Gasteiger charge is -2.07. The van der Waals surface area contributed by atoms with Gasteiger partial charge >= 0.3 is 0 Å². The van der Waals surface area contributed by atoms with Gasteiger partial charge in [0.2, 0.25) is 0 Å². The van der Waals surface area contributed by atoms with E-state index in [0.717, 1.165) is 29.8 Å². The van der Waals surface area contributed by atoms with E-state index in [0.29, 0.717) is 5.70 Å². The molecule has 0 aliphatic rings. The average Bonchev–Trinajstić information content (AvgIpc) is 2.47. The van der Waals surface area contributed by atoms with Crippen molar-refractivity contribution in [1.82, 2.24) is 5.32 Å². The summed E-state index contributed by atoms with van der Waals surface area (Å²) in [5, 5.41) is 3.18. The number of rotatable bonds is 9. The first-order valence-corrected chi connectivity index (χ1v) is 7.38. The molecule has 0 radical (unpaired) electrons. The van der Waals surface area contributed by atoms with Crippen molar-refractivity contribution < 1.29 is 0 Å². The van der Waals surface area contributed by atoms with Gasteiger partial charge in [0.05, 0.1) is 5.70 Å². The van der Waals surface area contributed by atoms with E-state index in [-0.39, 0.29) is 6.00 Å². The lowest BCUT2D eigenvalue weighted by atomic mass is 10.1. The predicted octanol–water partition coefficient (Wildman–Crippen LogP) is 3.53. The Hall–Kier alpha value is -1.81. The molecule has 0 aromatic carbocycles. The number of aliphatic imine (C=N–C) groups is 2. The molecule has 0 saturated heterocycles. The molecule has 0 aliphatic heterocycles. The van der Waals surface area contributed by atoms with E-state index in [9.17, 15) is 0 Å². The summed E-state index contributed by atoms with van der Waals surface area (Å²) in [6.07, 6.45) is 11.2. The second-order valence-electron chi connectivity index (χ2n) is 4.37. The molecule has 0 aromatic heterocycles. The zero-order valence-electron chi connectivity index (χ0n) is 13.1. The molecule has 0 bridgehead atoms. The van der Waals surface area contributed by atoms with Gasteiger partial charge < -0.3 is 11.1 Å². The quantitative estimate of drug-likeness (QED) is 0.296. The summed E-state index contributed by atoms with van der Waals surface area (Å²) in [5.74, 6) is 0. The molecular weight excluding hydrogens is 284 g/mol. The fourth-order valence-corrected chi connectivity index (χ4v) is 1.64. The first kappa shape index (κ1) is 19.2. The Labute approximate surface area is 132 Å². The zero-order valence-corrected chi connectivity index (χ0v) is 13.8. The SMILES string of the molecule is C=NC(/C=C\C=C(/C)N)=C(\C=N/CCl)/C=C(/CCC)NC. The van der Waals surface area contributed by atoms with Gasteiger partial charge in [0.25, 0.3) is 0 Å². The summed E-state index contributed by atoms with van der Waals surface area (Å²) >= 11 is 5.62. The molecule has 116 valence electrons. The fraction of sp³-hybridized carbons (Fsp3) is 0.375. The van der Waals surface area contributed by atoms with Crippen LogP contribution in [-0.4, -0.2) is 26.0 Å². The molecular formula is C16H25ClN4. The van der Waals surface area contributed by atoms with Crippen molar-refractivity contribution in [2.45, 2.75) is 26.7 Å². The maximum Gasteiger partial charge on any atom is 0.113 e. The predicted molar refractivity (Wildman–Crippen MR) is 94.9 cm³/mol. The Bertz CT molecular complexity index is 467. The van der Waals surface area contributed by atoms with E-state index >= 15 is 0 Å². The molecule has 3 N–H and O–H groups in total. The van der Waals surface area contributed by atoms with E-state index in [1.165, 1.54) is 0 Å². The summed E-state index contributed by atoms with van der Waals surface area (Å²) in [5.41, 5.74) is 8.99. The van der Waals surface area contributed by atoms with Crippen LogP contribution in [0.25, 0.3) is 0 Å². The maximum atomic E-state index is 5.62. The van der Waals surface area contributed by atoms with Gasteiger partial charge in [0.1, 0.15) is 6.00 Å². The van der Waals surface area contributed by atoms with Crippen LogP contribution in [0.4, 0.5) is 0 Å². The third kappa shape index (κ3) is 8.87. The van der Waals surface area contributed by atoms with Crippen molar-refractivity contribution in [2.24, 2.45) is 15.7 Å². The molecule has 0 aliphatic carbocycles. The number of allylic oxidation sites excluding steroid dienone is 7. The van der Waals surface area contributed by atoms with E-state index in [1.807, 2.05) is 32.2 Å². The van der Waals surface area contributed by atoms with Gasteiger partial charge in [-0.05, 0) is 38.3 Å². The van der Waals surface area contributed by atoms with Crippen molar-refractivity contribution in [1.29, 1.82) is 0 Å². The average molecular weight is 309 g/mol. The van der Waals surface area contributed by atoms with E-state index in [2.05, 4.69) is 28.9 Å².